The lowest BCUT2D eigenvalue weighted by atomic mass is 9.98. The fraction of sp³-hybridized carbons (Fsp3) is 0.957. The third-order valence-corrected chi connectivity index (χ3v) is 17.3. The van der Waals surface area contributed by atoms with E-state index < -0.39 is 74.2 Å². The van der Waals surface area contributed by atoms with Gasteiger partial charge in [-0.3, -0.25) is 4.79 Å². The summed E-state index contributed by atoms with van der Waals surface area (Å²) in [6.07, 6.45) is 60.2. The van der Waals surface area contributed by atoms with E-state index in [1.165, 1.54) is 276 Å². The van der Waals surface area contributed by atoms with Crippen molar-refractivity contribution in [1.82, 2.24) is 5.32 Å². The summed E-state index contributed by atoms with van der Waals surface area (Å²) in [5.74, 6) is -0.698. The van der Waals surface area contributed by atoms with Crippen molar-refractivity contribution in [3.8, 4) is 0 Å². The fourth-order valence-electron chi connectivity index (χ4n) is 11.7. The Balaban J connectivity index is 2.18. The first-order valence-corrected chi connectivity index (χ1v) is 35.1. The fourth-order valence-corrected chi connectivity index (χ4v) is 11.7. The van der Waals surface area contributed by atoms with Crippen LogP contribution in [0.5, 0.6) is 0 Å². The molecule has 1 aliphatic rings. The molecule has 0 aliphatic carbocycles. The van der Waals surface area contributed by atoms with Crippen LogP contribution in [0, 0.1) is 0 Å². The molecule has 80 heavy (non-hydrogen) atoms. The second kappa shape index (κ2) is 58.2. The van der Waals surface area contributed by atoms with Crippen LogP contribution in [0.25, 0.3) is 0 Å². The topological polar surface area (TPSA) is 189 Å². The minimum absolute atomic E-state index is 0.260. The zero-order valence-electron chi connectivity index (χ0n) is 52.6. The molecule has 0 aromatic heterocycles. The highest BCUT2D eigenvalue weighted by molar-refractivity contribution is 5.80. The van der Waals surface area contributed by atoms with Crippen LogP contribution in [-0.2, 0) is 14.3 Å². The van der Waals surface area contributed by atoms with Crippen molar-refractivity contribution in [3.05, 3.63) is 12.2 Å². The first-order chi connectivity index (χ1) is 39.2. The van der Waals surface area contributed by atoms with Gasteiger partial charge in [0, 0.05) is 0 Å². The molecule has 1 amide bonds. The van der Waals surface area contributed by atoms with E-state index in [2.05, 4.69) is 31.3 Å². The number of nitrogens with one attached hydrogen (secondary N) is 1. The number of rotatable bonds is 62. The SMILES string of the molecule is CCCCCCCCCCCCCCCCCC/C=C/CCCC(O)C(O)C(COC1OC(CO)C(O)C(O)C1O)NC(=O)C(O)CCCCCCCCCCCCCCCCCCCCCCCCCCCCCCCCCC. The largest absolute Gasteiger partial charge is 0.394 e. The normalized spacial score (nSPS) is 19.2. The molecule has 0 aromatic rings. The van der Waals surface area contributed by atoms with E-state index in [9.17, 15) is 40.5 Å². The molecule has 9 atom stereocenters. The van der Waals surface area contributed by atoms with Gasteiger partial charge in [-0.15, -0.1) is 0 Å². The predicted molar refractivity (Wildman–Crippen MR) is 335 cm³/mol. The number of carbonyl (C=O) groups is 1. The molecule has 9 unspecified atom stereocenters. The molecule has 476 valence electrons. The van der Waals surface area contributed by atoms with Crippen molar-refractivity contribution >= 4 is 5.91 Å². The minimum Gasteiger partial charge on any atom is -0.394 e. The molecule has 0 aromatic carbocycles. The lowest BCUT2D eigenvalue weighted by molar-refractivity contribution is -0.303. The second-order valence-electron chi connectivity index (χ2n) is 25.0. The number of amides is 1. The third kappa shape index (κ3) is 45.2. The van der Waals surface area contributed by atoms with Gasteiger partial charge in [0.15, 0.2) is 6.29 Å². The molecule has 11 heteroatoms. The molecule has 1 saturated heterocycles. The van der Waals surface area contributed by atoms with Crippen molar-refractivity contribution in [2.75, 3.05) is 13.2 Å². The molecule has 1 heterocycles. The van der Waals surface area contributed by atoms with E-state index in [0.29, 0.717) is 12.8 Å². The van der Waals surface area contributed by atoms with Crippen molar-refractivity contribution in [2.24, 2.45) is 0 Å². The number of carbonyl (C=O) groups excluding carboxylic acids is 1. The van der Waals surface area contributed by atoms with Gasteiger partial charge in [-0.2, -0.15) is 0 Å². The van der Waals surface area contributed by atoms with Gasteiger partial charge in [0.25, 0.3) is 0 Å². The van der Waals surface area contributed by atoms with Crippen LogP contribution in [0.2, 0.25) is 0 Å². The van der Waals surface area contributed by atoms with Crippen LogP contribution in [0.4, 0.5) is 0 Å². The highest BCUT2D eigenvalue weighted by atomic mass is 16.7. The Morgan fingerprint density at radius 1 is 0.425 bits per heavy atom. The highest BCUT2D eigenvalue weighted by Gasteiger charge is 2.44. The summed E-state index contributed by atoms with van der Waals surface area (Å²) < 4.78 is 11.2. The van der Waals surface area contributed by atoms with Crippen LogP contribution in [0.3, 0.4) is 0 Å². The first-order valence-electron chi connectivity index (χ1n) is 35.1. The monoisotopic (exact) mass is 1140 g/mol. The van der Waals surface area contributed by atoms with E-state index in [1.54, 1.807) is 0 Å². The van der Waals surface area contributed by atoms with Gasteiger partial charge in [0.1, 0.15) is 36.6 Å². The zero-order chi connectivity index (χ0) is 58.2. The van der Waals surface area contributed by atoms with E-state index in [4.69, 9.17) is 9.47 Å². The Kier molecular flexibility index (Phi) is 56.0. The molecular formula is C69H135NO10. The maximum Gasteiger partial charge on any atom is 0.249 e. The molecule has 0 spiro atoms. The lowest BCUT2D eigenvalue weighted by Gasteiger charge is -2.40. The number of hydrogen-bond acceptors (Lipinski definition) is 10. The molecule has 1 aliphatic heterocycles. The van der Waals surface area contributed by atoms with Crippen molar-refractivity contribution in [1.29, 1.82) is 0 Å². The highest BCUT2D eigenvalue weighted by Crippen LogP contribution is 2.24. The van der Waals surface area contributed by atoms with Gasteiger partial charge in [-0.25, -0.2) is 0 Å². The Hall–Kier alpha value is -1.15. The number of aliphatic hydroxyl groups excluding tert-OH is 7. The smallest absolute Gasteiger partial charge is 0.249 e. The number of unbranched alkanes of at least 4 members (excludes halogenated alkanes) is 48. The average molecular weight is 1140 g/mol. The quantitative estimate of drug-likeness (QED) is 0.0215. The van der Waals surface area contributed by atoms with Gasteiger partial charge in [-0.05, 0) is 38.5 Å². The van der Waals surface area contributed by atoms with Crippen molar-refractivity contribution in [2.45, 2.75) is 409 Å². The van der Waals surface area contributed by atoms with Crippen LogP contribution >= 0.6 is 0 Å². The van der Waals surface area contributed by atoms with Gasteiger partial charge < -0.3 is 50.5 Å². The average Bonchev–Trinajstić information content (AvgIpc) is 3.48. The Morgan fingerprint density at radius 2 is 0.738 bits per heavy atom. The molecule has 0 radical (unpaired) electrons. The summed E-state index contributed by atoms with van der Waals surface area (Å²) >= 11 is 0. The summed E-state index contributed by atoms with van der Waals surface area (Å²) in [6, 6.07) is -1.18. The number of hydrogen-bond donors (Lipinski definition) is 8. The summed E-state index contributed by atoms with van der Waals surface area (Å²) in [5.41, 5.74) is 0. The number of allylic oxidation sites excluding steroid dienone is 2. The maximum atomic E-state index is 13.2. The van der Waals surface area contributed by atoms with Gasteiger partial charge in [0.05, 0.1) is 25.4 Å². The lowest BCUT2D eigenvalue weighted by Crippen LogP contribution is -2.60. The molecule has 1 rings (SSSR count). The molecule has 0 saturated carbocycles. The van der Waals surface area contributed by atoms with Crippen LogP contribution in [0.1, 0.15) is 354 Å². The minimum atomic E-state index is -1.67. The van der Waals surface area contributed by atoms with Crippen molar-refractivity contribution < 1.29 is 50.0 Å². The van der Waals surface area contributed by atoms with Crippen LogP contribution in [0.15, 0.2) is 12.2 Å². The Bertz CT molecular complexity index is 1310. The standard InChI is InChI=1S/C69H135NO10/c1-3-5-7-9-11-13-15-17-19-21-23-25-26-27-28-29-30-31-32-33-34-35-37-39-41-43-45-47-49-51-53-55-57-62(73)68(78)70-60(59-79-69-67(77)66(76)65(75)63(58-71)80-69)64(74)61(72)56-54-52-50-48-46-44-42-40-38-36-24-22-20-18-16-14-12-10-8-6-4-2/h48,50,60-67,69,71-77H,3-47,49,51-59H2,1-2H3,(H,70,78)/b50-48+. The third-order valence-electron chi connectivity index (χ3n) is 17.3. The number of ether oxygens (including phenoxy) is 2. The van der Waals surface area contributed by atoms with Crippen LogP contribution in [-0.4, -0.2) is 110 Å². The summed E-state index contributed by atoms with van der Waals surface area (Å²) in [6.45, 7) is 3.50. The summed E-state index contributed by atoms with van der Waals surface area (Å²) in [7, 11) is 0. The number of aliphatic hydroxyl groups is 7. The van der Waals surface area contributed by atoms with E-state index in [0.717, 1.165) is 38.5 Å². The summed E-state index contributed by atoms with van der Waals surface area (Å²) in [4.78, 5) is 13.2. The van der Waals surface area contributed by atoms with Crippen LogP contribution < -0.4 is 5.32 Å². The van der Waals surface area contributed by atoms with E-state index in [1.807, 2.05) is 0 Å². The second-order valence-corrected chi connectivity index (χ2v) is 25.0. The molecule has 11 nitrogen and oxygen atoms in total. The Morgan fingerprint density at radius 3 is 1.07 bits per heavy atom. The van der Waals surface area contributed by atoms with E-state index >= 15 is 0 Å². The van der Waals surface area contributed by atoms with Gasteiger partial charge >= 0.3 is 0 Å². The summed E-state index contributed by atoms with van der Waals surface area (Å²) in [5, 5.41) is 76.4. The molecule has 1 fully saturated rings. The first kappa shape index (κ1) is 76.9. The van der Waals surface area contributed by atoms with Crippen molar-refractivity contribution in [3.63, 3.8) is 0 Å². The molecular weight excluding hydrogens is 1000 g/mol. The predicted octanol–water partition coefficient (Wildman–Crippen LogP) is 16.6. The van der Waals surface area contributed by atoms with Gasteiger partial charge in [0.2, 0.25) is 5.91 Å². The van der Waals surface area contributed by atoms with E-state index in [-0.39, 0.29) is 12.8 Å². The molecule has 0 bridgehead atoms. The zero-order valence-corrected chi connectivity index (χ0v) is 52.6. The van der Waals surface area contributed by atoms with Gasteiger partial charge in [-0.1, -0.05) is 328 Å². The molecule has 8 N–H and O–H groups in total. The Labute approximate surface area is 493 Å². The maximum absolute atomic E-state index is 13.2.